The Morgan fingerprint density at radius 1 is 1.14 bits per heavy atom. The number of carbonyl (C=O) groups excluding carboxylic acids is 4. The molecule has 1 aliphatic heterocycles. The number of carboxylic acids is 1. The van der Waals surface area contributed by atoms with Crippen LogP contribution in [0.5, 0.6) is 0 Å². The summed E-state index contributed by atoms with van der Waals surface area (Å²) in [5.74, 6) is -5.68. The summed E-state index contributed by atoms with van der Waals surface area (Å²) >= 11 is 8.17. The Bertz CT molecular complexity index is 2410. The molecule has 2 unspecified atom stereocenters. The molecule has 5 rings (SSSR count). The van der Waals surface area contributed by atoms with E-state index in [1.165, 1.54) is 19.8 Å². The first-order valence-corrected chi connectivity index (χ1v) is 23.7. The van der Waals surface area contributed by atoms with Gasteiger partial charge in [-0.3, -0.25) is 48.1 Å². The Morgan fingerprint density at radius 2 is 1.75 bits per heavy atom. The number of hydrogen-bond donors (Lipinski definition) is 3. The maximum absolute atomic E-state index is 14.3. The average Bonchev–Trinajstić information content (AvgIpc) is 3.48. The summed E-state index contributed by atoms with van der Waals surface area (Å²) in [4.78, 5) is 93.3. The van der Waals surface area contributed by atoms with Gasteiger partial charge in [-0.25, -0.2) is 22.5 Å². The minimum absolute atomic E-state index is 0.0412. The number of nitrogens with zero attached hydrogens (tertiary/aromatic N) is 4. The van der Waals surface area contributed by atoms with Crippen molar-refractivity contribution in [3.8, 4) is 0 Å². The molecule has 0 amide bonds. The van der Waals surface area contributed by atoms with Crippen LogP contribution in [0.4, 0.5) is 15.8 Å². The maximum atomic E-state index is 14.3. The minimum Gasteiger partial charge on any atom is -0.480 e. The normalized spacial score (nSPS) is 16.0. The van der Waals surface area contributed by atoms with E-state index in [-0.39, 0.29) is 51.7 Å². The van der Waals surface area contributed by atoms with Crippen LogP contribution in [0, 0.1) is 21.8 Å². The Balaban J connectivity index is 0.000000255. The van der Waals surface area contributed by atoms with Crippen LogP contribution in [0.3, 0.4) is 0 Å². The zero-order valence-electron chi connectivity index (χ0n) is 31.7. The number of ketones is 3. The highest BCUT2D eigenvalue weighted by Crippen LogP contribution is 2.36. The van der Waals surface area contributed by atoms with Crippen LogP contribution < -0.4 is 15.4 Å². The van der Waals surface area contributed by atoms with Gasteiger partial charge in [-0.05, 0) is 61.3 Å². The lowest BCUT2D eigenvalue weighted by Crippen LogP contribution is -2.35. The molecule has 2 aromatic carbocycles. The van der Waals surface area contributed by atoms with Crippen LogP contribution in [0.25, 0.3) is 0 Å². The molecule has 0 spiro atoms. The lowest BCUT2D eigenvalue weighted by Gasteiger charge is -2.18. The number of fused-ring (bicyclic) bond motifs is 1. The third-order valence-corrected chi connectivity index (χ3v) is 13.0. The highest BCUT2D eigenvalue weighted by atomic mass is 35.5. The van der Waals surface area contributed by atoms with Crippen molar-refractivity contribution in [2.45, 2.75) is 67.4 Å². The monoisotopic (exact) mass is 923 g/mol. The average molecular weight is 924 g/mol. The number of benzene rings is 2. The van der Waals surface area contributed by atoms with Gasteiger partial charge >= 0.3 is 16.8 Å². The number of esters is 1. The smallest absolute Gasteiger partial charge is 0.325 e. The van der Waals surface area contributed by atoms with Crippen molar-refractivity contribution in [1.82, 2.24) is 9.36 Å². The summed E-state index contributed by atoms with van der Waals surface area (Å²) < 4.78 is 55.9. The van der Waals surface area contributed by atoms with Crippen LogP contribution in [0.2, 0.25) is 5.02 Å². The van der Waals surface area contributed by atoms with E-state index in [2.05, 4.69) is 9.73 Å². The summed E-state index contributed by atoms with van der Waals surface area (Å²) in [6.45, 7) is 2.51. The van der Waals surface area contributed by atoms with Gasteiger partial charge in [0.05, 0.1) is 33.3 Å². The topological polar surface area (TPSA) is 295 Å². The van der Waals surface area contributed by atoms with Gasteiger partial charge in [0.2, 0.25) is 4.80 Å². The molecule has 1 aromatic heterocycles. The van der Waals surface area contributed by atoms with Gasteiger partial charge in [0.15, 0.2) is 34.6 Å². The molecule has 1 saturated carbocycles. The number of ether oxygens (including phenoxy) is 1. The van der Waals surface area contributed by atoms with Crippen LogP contribution >= 0.6 is 42.1 Å². The molecule has 0 radical (unpaired) electrons. The number of halogens is 2. The van der Waals surface area contributed by atoms with E-state index in [4.69, 9.17) is 27.3 Å². The van der Waals surface area contributed by atoms with E-state index in [1.807, 2.05) is 0 Å². The fourth-order valence-corrected chi connectivity index (χ4v) is 8.77. The largest absolute Gasteiger partial charge is 0.480 e. The quantitative estimate of drug-likeness (QED) is 0.0445. The molecular formula is C34H40ClFN5O14PS3. The van der Waals surface area contributed by atoms with Gasteiger partial charge in [-0.15, -0.1) is 11.8 Å². The molecule has 19 nitrogen and oxygen atoms in total. The van der Waals surface area contributed by atoms with Crippen molar-refractivity contribution < 1.29 is 61.0 Å². The number of sulfone groups is 1. The number of carboxylic acid groups (broad SMARTS) is 1. The van der Waals surface area contributed by atoms with Gasteiger partial charge in [0, 0.05) is 56.0 Å². The summed E-state index contributed by atoms with van der Waals surface area (Å²) in [6, 6.07) is 4.40. The standard InChI is InChI=1S/C15H15ClFN3O3S2.C14H13NO7S.C5H12NO4P/c1-23-13(21)8-24-12-7-11(10(17)6-9(12)16)18-14-19-4-2-3-5-20(19)15(22)25-14;1-23(21,22)8-5-6-9(10(7-8)15(19)20)14(18)13-11(16)3-2-4-12(13)17;1-11(9,10)3-2-4(6)5(7)8/h6-7H,2-5,8H2,1H3;5-7,13H,2-4H2,1H3;4H,2-3,6H2,1H3,(H,7,8)(H,9,10)/b18-14-;;. The molecule has 59 heavy (non-hydrogen) atoms. The second-order valence-corrected chi connectivity index (χ2v) is 20.0. The third-order valence-electron chi connectivity index (χ3n) is 8.47. The Hall–Kier alpha value is -4.38. The Labute approximate surface area is 348 Å². The maximum Gasteiger partial charge on any atom is 0.325 e. The van der Waals surface area contributed by atoms with E-state index in [0.717, 1.165) is 66.5 Å². The molecule has 25 heteroatoms. The Kier molecular flexibility index (Phi) is 17.6. The molecule has 1 aliphatic carbocycles. The summed E-state index contributed by atoms with van der Waals surface area (Å²) in [5.41, 5.74) is 4.01. The number of rotatable bonds is 12. The van der Waals surface area contributed by atoms with Crippen LogP contribution in [-0.4, -0.2) is 100.0 Å². The van der Waals surface area contributed by atoms with Gasteiger partial charge in [0.25, 0.3) is 5.69 Å². The van der Waals surface area contributed by atoms with E-state index in [0.29, 0.717) is 29.2 Å². The van der Waals surface area contributed by atoms with E-state index < -0.39 is 80.4 Å². The number of carbonyl (C=O) groups is 5. The second kappa shape index (κ2) is 21.2. The summed E-state index contributed by atoms with van der Waals surface area (Å²) in [7, 11) is -5.50. The molecule has 3 aromatic rings. The molecule has 2 aliphatic rings. The molecule has 1 fully saturated rings. The summed E-state index contributed by atoms with van der Waals surface area (Å²) in [5, 5.41) is 19.6. The van der Waals surface area contributed by atoms with Gasteiger partial charge in [-0.1, -0.05) is 11.6 Å². The van der Waals surface area contributed by atoms with Crippen LogP contribution in [-0.2, 0) is 51.4 Å². The lowest BCUT2D eigenvalue weighted by atomic mass is 9.81. The summed E-state index contributed by atoms with van der Waals surface area (Å²) in [6.07, 6.45) is 3.26. The van der Waals surface area contributed by atoms with Crippen LogP contribution in [0.1, 0.15) is 48.9 Å². The third kappa shape index (κ3) is 14.1. The van der Waals surface area contributed by atoms with Gasteiger partial charge in [-0.2, -0.15) is 0 Å². The van der Waals surface area contributed by atoms with Crippen molar-refractivity contribution >= 4 is 92.6 Å². The number of aliphatic carboxylic acids is 1. The number of nitro groups is 1. The second-order valence-electron chi connectivity index (χ2n) is 13.1. The zero-order chi connectivity index (χ0) is 44.4. The molecule has 2 atom stereocenters. The SMILES string of the molecule is COC(=O)CSc1cc(/N=c2\sc(=O)n3n2CCCC3)c(F)cc1Cl.CP(=O)(O)CCC(N)C(=O)O.CS(=O)(=O)c1ccc(C(=O)C2C(=O)CCCC2=O)c([N+](=O)[O-])c1. The number of methoxy groups -OCH3 is 1. The molecule has 0 bridgehead atoms. The molecule has 0 saturated heterocycles. The van der Waals surface area contributed by atoms with Crippen molar-refractivity contribution in [3.63, 3.8) is 0 Å². The number of Topliss-reactive ketones (excluding diaryl/α,β-unsaturated/α-hetero) is 3. The minimum atomic E-state index is -3.70. The van der Waals surface area contributed by atoms with E-state index >= 15 is 0 Å². The number of aromatic nitrogens is 2. The highest BCUT2D eigenvalue weighted by Gasteiger charge is 2.39. The van der Waals surface area contributed by atoms with Crippen molar-refractivity contribution in [2.24, 2.45) is 16.6 Å². The first-order chi connectivity index (χ1) is 27.4. The molecular weight excluding hydrogens is 884 g/mol. The predicted molar refractivity (Wildman–Crippen MR) is 214 cm³/mol. The van der Waals surface area contributed by atoms with Gasteiger partial charge < -0.3 is 20.5 Å². The first-order valence-electron chi connectivity index (χ1n) is 17.3. The fourth-order valence-electron chi connectivity index (χ4n) is 5.39. The molecule has 2 heterocycles. The number of nitro benzene ring substituents is 1. The predicted octanol–water partition coefficient (Wildman–Crippen LogP) is 3.60. The number of thioether (sulfide) groups is 1. The van der Waals surface area contributed by atoms with Crippen LogP contribution in [0.15, 0.2) is 49.9 Å². The van der Waals surface area contributed by atoms with E-state index in [1.54, 1.807) is 9.36 Å². The number of hydrogen-bond acceptors (Lipinski definition) is 16. The van der Waals surface area contributed by atoms with Crippen molar-refractivity contribution in [1.29, 1.82) is 0 Å². The van der Waals surface area contributed by atoms with E-state index in [9.17, 15) is 56.3 Å². The van der Waals surface area contributed by atoms with Crippen molar-refractivity contribution in [2.75, 3.05) is 31.9 Å². The fraction of sp³-hybridized carbons (Fsp3) is 0.441. The number of nitrogens with two attached hydrogens (primary N) is 1. The molecule has 4 N–H and O–H groups in total. The molecule has 322 valence electrons. The van der Waals surface area contributed by atoms with Gasteiger partial charge in [0.1, 0.15) is 23.5 Å². The Morgan fingerprint density at radius 3 is 2.29 bits per heavy atom. The first kappa shape index (κ1) is 49.0. The van der Waals surface area contributed by atoms with Crippen molar-refractivity contribution in [3.05, 3.63) is 71.3 Å². The lowest BCUT2D eigenvalue weighted by molar-refractivity contribution is -0.385. The highest BCUT2D eigenvalue weighted by molar-refractivity contribution is 8.00. The zero-order valence-corrected chi connectivity index (χ0v) is 35.8.